The van der Waals surface area contributed by atoms with Crippen LogP contribution in [0.4, 0.5) is 0 Å². The van der Waals surface area contributed by atoms with E-state index in [1.807, 2.05) is 0 Å². The van der Waals surface area contributed by atoms with Crippen molar-refractivity contribution in [2.75, 3.05) is 13.1 Å². The molecule has 0 saturated carbocycles. The van der Waals surface area contributed by atoms with E-state index in [0.717, 1.165) is 57.2 Å². The molecule has 1 amide bonds. The predicted octanol–water partition coefficient (Wildman–Crippen LogP) is 8.46. The van der Waals surface area contributed by atoms with E-state index in [2.05, 4.69) is 63.1 Å². The monoisotopic (exact) mass is 494 g/mol. The molecular formula is C33H54N2O. The molecule has 0 bridgehead atoms. The minimum Gasteiger partial charge on any atom is -0.391 e. The molecular weight excluding hydrogens is 440 g/mol. The zero-order chi connectivity index (χ0) is 26.2. The lowest BCUT2D eigenvalue weighted by molar-refractivity contribution is -0.117. The number of amides is 1. The summed E-state index contributed by atoms with van der Waals surface area (Å²) in [5.41, 5.74) is 6.66. The zero-order valence-electron chi connectivity index (χ0n) is 23.9. The number of aryl methyl sites for hydroxylation is 2. The lowest BCUT2D eigenvalue weighted by Gasteiger charge is -2.35. The first-order valence-electron chi connectivity index (χ1n) is 14.9. The number of benzene rings is 1. The molecule has 1 atom stereocenters. The Kier molecular flexibility index (Phi) is 14.0. The smallest absolute Gasteiger partial charge is 0.247 e. The molecule has 0 aromatic heterocycles. The Morgan fingerprint density at radius 3 is 2.33 bits per heavy atom. The Morgan fingerprint density at radius 1 is 0.972 bits per heavy atom. The van der Waals surface area contributed by atoms with Gasteiger partial charge in [0.2, 0.25) is 5.91 Å². The van der Waals surface area contributed by atoms with Crippen LogP contribution in [0.5, 0.6) is 0 Å². The van der Waals surface area contributed by atoms with Crippen LogP contribution in [-0.4, -0.2) is 19.0 Å². The standard InChI is InChI=1S/C33H54N2O/c1-6-9-10-11-12-13-14-18-29-20-21-31(28(5)26-29)33(7-2,22-24-34-8-3)23-25-35-32(36)30-19-16-15-17-27(30)4/h8,20-21,26,34H,3,6-7,9-19,22-25H2,1-2,4-5H3,(H,35,36). The second-order valence-corrected chi connectivity index (χ2v) is 11.0. The minimum atomic E-state index is 0.0428. The van der Waals surface area contributed by atoms with Crippen molar-refractivity contribution in [3.05, 3.63) is 58.8 Å². The summed E-state index contributed by atoms with van der Waals surface area (Å²) in [7, 11) is 0. The SMILES string of the molecule is C=CNCCC(CC)(CCNC(=O)C1=C(C)CCCC1)c1ccc(CCCCCCCCC)cc1C. The van der Waals surface area contributed by atoms with Crippen molar-refractivity contribution >= 4 is 5.91 Å². The molecule has 1 aromatic rings. The van der Waals surface area contributed by atoms with Gasteiger partial charge in [-0.2, -0.15) is 0 Å². The summed E-state index contributed by atoms with van der Waals surface area (Å²) in [4.78, 5) is 12.9. The van der Waals surface area contributed by atoms with Crippen molar-refractivity contribution in [3.8, 4) is 0 Å². The van der Waals surface area contributed by atoms with Crippen molar-refractivity contribution in [2.24, 2.45) is 0 Å². The molecule has 0 saturated heterocycles. The first kappa shape index (κ1) is 30.2. The van der Waals surface area contributed by atoms with Crippen molar-refractivity contribution < 1.29 is 4.79 Å². The van der Waals surface area contributed by atoms with Gasteiger partial charge in [-0.15, -0.1) is 0 Å². The lowest BCUT2D eigenvalue weighted by Crippen LogP contribution is -2.36. The second-order valence-electron chi connectivity index (χ2n) is 11.0. The molecule has 0 fully saturated rings. The van der Waals surface area contributed by atoms with Gasteiger partial charge in [0.15, 0.2) is 0 Å². The van der Waals surface area contributed by atoms with E-state index < -0.39 is 0 Å². The van der Waals surface area contributed by atoms with E-state index in [-0.39, 0.29) is 11.3 Å². The van der Waals surface area contributed by atoms with Crippen LogP contribution in [0.2, 0.25) is 0 Å². The first-order chi connectivity index (χ1) is 17.5. The minimum absolute atomic E-state index is 0.0428. The summed E-state index contributed by atoms with van der Waals surface area (Å²) in [6, 6.07) is 7.17. The number of carbonyl (C=O) groups excluding carboxylic acids is 1. The zero-order valence-corrected chi connectivity index (χ0v) is 23.9. The highest BCUT2D eigenvalue weighted by molar-refractivity contribution is 5.94. The summed E-state index contributed by atoms with van der Waals surface area (Å²) in [5.74, 6) is 0.156. The quantitative estimate of drug-likeness (QED) is 0.201. The Hall–Kier alpha value is -2.03. The Balaban J connectivity index is 2.04. The molecule has 0 radical (unpaired) electrons. The summed E-state index contributed by atoms with van der Waals surface area (Å²) >= 11 is 0. The molecule has 0 spiro atoms. The number of allylic oxidation sites excluding steroid dienone is 1. The summed E-state index contributed by atoms with van der Waals surface area (Å²) < 4.78 is 0. The first-order valence-corrected chi connectivity index (χ1v) is 14.9. The van der Waals surface area contributed by atoms with Crippen LogP contribution in [0.3, 0.4) is 0 Å². The van der Waals surface area contributed by atoms with E-state index in [0.29, 0.717) is 0 Å². The van der Waals surface area contributed by atoms with Gasteiger partial charge >= 0.3 is 0 Å². The van der Waals surface area contributed by atoms with Crippen LogP contribution < -0.4 is 10.6 Å². The van der Waals surface area contributed by atoms with Crippen LogP contribution in [0.1, 0.15) is 127 Å². The van der Waals surface area contributed by atoms with Gasteiger partial charge in [0.05, 0.1) is 0 Å². The van der Waals surface area contributed by atoms with Crippen LogP contribution in [0.25, 0.3) is 0 Å². The van der Waals surface area contributed by atoms with Crippen molar-refractivity contribution in [1.82, 2.24) is 10.6 Å². The number of unbranched alkanes of at least 4 members (excludes halogenated alkanes) is 6. The maximum absolute atomic E-state index is 12.9. The molecule has 0 aliphatic heterocycles. The van der Waals surface area contributed by atoms with Crippen molar-refractivity contribution in [2.45, 2.75) is 129 Å². The average Bonchev–Trinajstić information content (AvgIpc) is 2.88. The molecule has 0 heterocycles. The van der Waals surface area contributed by atoms with Crippen LogP contribution in [0, 0.1) is 6.92 Å². The highest BCUT2D eigenvalue weighted by atomic mass is 16.1. The molecule has 2 N–H and O–H groups in total. The van der Waals surface area contributed by atoms with Crippen LogP contribution in [0.15, 0.2) is 42.1 Å². The molecule has 202 valence electrons. The van der Waals surface area contributed by atoms with E-state index in [4.69, 9.17) is 0 Å². The Bertz CT molecular complexity index is 840. The van der Waals surface area contributed by atoms with Crippen LogP contribution >= 0.6 is 0 Å². The van der Waals surface area contributed by atoms with Crippen molar-refractivity contribution in [3.63, 3.8) is 0 Å². The number of nitrogens with one attached hydrogen (secondary N) is 2. The normalized spacial score (nSPS) is 15.4. The topological polar surface area (TPSA) is 41.1 Å². The van der Waals surface area contributed by atoms with Gasteiger partial charge in [-0.05, 0) is 99.9 Å². The second kappa shape index (κ2) is 16.7. The fourth-order valence-corrected chi connectivity index (χ4v) is 6.00. The maximum atomic E-state index is 12.9. The van der Waals surface area contributed by atoms with E-state index in [9.17, 15) is 4.79 Å². The predicted molar refractivity (Wildman–Crippen MR) is 156 cm³/mol. The van der Waals surface area contributed by atoms with Gasteiger partial charge in [-0.1, -0.05) is 82.7 Å². The summed E-state index contributed by atoms with van der Waals surface area (Å²) in [5, 5.41) is 6.60. The molecule has 1 unspecified atom stereocenters. The van der Waals surface area contributed by atoms with E-state index >= 15 is 0 Å². The largest absolute Gasteiger partial charge is 0.391 e. The number of rotatable bonds is 18. The number of hydrogen-bond acceptors (Lipinski definition) is 2. The maximum Gasteiger partial charge on any atom is 0.247 e. The number of carbonyl (C=O) groups is 1. The van der Waals surface area contributed by atoms with Gasteiger partial charge in [0.25, 0.3) is 0 Å². The molecule has 3 nitrogen and oxygen atoms in total. The molecule has 1 aromatic carbocycles. The number of hydrogen-bond donors (Lipinski definition) is 2. The highest BCUT2D eigenvalue weighted by Gasteiger charge is 2.31. The molecule has 1 aliphatic rings. The molecule has 3 heteroatoms. The van der Waals surface area contributed by atoms with Gasteiger partial charge in [0.1, 0.15) is 0 Å². The van der Waals surface area contributed by atoms with E-state index in [1.165, 1.54) is 80.1 Å². The lowest BCUT2D eigenvalue weighted by atomic mass is 9.71. The summed E-state index contributed by atoms with van der Waals surface area (Å²) in [6.07, 6.45) is 19.8. The Labute approximate surface area is 222 Å². The third-order valence-electron chi connectivity index (χ3n) is 8.41. The van der Waals surface area contributed by atoms with Gasteiger partial charge in [-0.25, -0.2) is 0 Å². The molecule has 36 heavy (non-hydrogen) atoms. The highest BCUT2D eigenvalue weighted by Crippen LogP contribution is 2.37. The Morgan fingerprint density at radius 2 is 1.67 bits per heavy atom. The molecule has 2 rings (SSSR count). The third-order valence-corrected chi connectivity index (χ3v) is 8.41. The van der Waals surface area contributed by atoms with Crippen molar-refractivity contribution in [1.29, 1.82) is 0 Å². The fraction of sp³-hybridized carbons (Fsp3) is 0.667. The summed E-state index contributed by atoms with van der Waals surface area (Å²) in [6.45, 7) is 14.4. The van der Waals surface area contributed by atoms with Gasteiger partial charge in [0, 0.05) is 18.7 Å². The average molecular weight is 495 g/mol. The fourth-order valence-electron chi connectivity index (χ4n) is 6.00. The van der Waals surface area contributed by atoms with Gasteiger partial charge in [-0.3, -0.25) is 4.79 Å². The van der Waals surface area contributed by atoms with Crippen LogP contribution in [-0.2, 0) is 16.6 Å². The molecule has 1 aliphatic carbocycles. The van der Waals surface area contributed by atoms with E-state index in [1.54, 1.807) is 6.20 Å². The third kappa shape index (κ3) is 9.45. The van der Waals surface area contributed by atoms with Gasteiger partial charge < -0.3 is 10.6 Å².